The van der Waals surface area contributed by atoms with Gasteiger partial charge in [0, 0.05) is 125 Å². The second-order valence-corrected chi connectivity index (χ2v) is 35.9. The number of aliphatic carboxylic acids is 1. The maximum Gasteiger partial charge on any atom is 0.491 e. The van der Waals surface area contributed by atoms with Crippen LogP contribution >= 0.6 is 83.9 Å². The summed E-state index contributed by atoms with van der Waals surface area (Å²) in [5, 5.41) is 47.1. The zero-order chi connectivity index (χ0) is 95.4. The Morgan fingerprint density at radius 2 is 1.05 bits per heavy atom. The highest BCUT2D eigenvalue weighted by Gasteiger charge is 2.33. The molecule has 12 aromatic rings. The molecule has 130 heavy (non-hydrogen) atoms. The number of carboxylic acids is 1. The fourth-order valence-electron chi connectivity index (χ4n) is 12.0. The number of alkyl halides is 1. The first kappa shape index (κ1) is 104. The Kier molecular flexibility index (Phi) is 39.3. The van der Waals surface area contributed by atoms with Gasteiger partial charge < -0.3 is 59.1 Å². The minimum absolute atomic E-state index is 0.0630. The molecule has 5 aromatic heterocycles. The summed E-state index contributed by atoms with van der Waals surface area (Å²) < 4.78 is 211. The summed E-state index contributed by atoms with van der Waals surface area (Å²) in [5.41, 5.74) is 11.0. The first-order valence-corrected chi connectivity index (χ1v) is 46.1. The van der Waals surface area contributed by atoms with E-state index in [1.807, 2.05) is 30.3 Å². The smallest absolute Gasteiger partial charge is 0.481 e. The van der Waals surface area contributed by atoms with E-state index >= 15 is 0 Å². The Morgan fingerprint density at radius 1 is 0.585 bits per heavy atom. The number of thiol groups is 1. The summed E-state index contributed by atoms with van der Waals surface area (Å²) in [7, 11) is -7.15. The highest BCUT2D eigenvalue weighted by molar-refractivity contribution is 9.10. The van der Waals surface area contributed by atoms with Gasteiger partial charge in [-0.25, -0.2) is 60.7 Å². The molecule has 4 aliphatic carbocycles. The molecule has 8 N–H and O–H groups in total. The summed E-state index contributed by atoms with van der Waals surface area (Å²) in [6.07, 6.45) is 14.0. The lowest BCUT2D eigenvalue weighted by atomic mass is 9.83. The monoisotopic (exact) mass is 2090 g/mol. The van der Waals surface area contributed by atoms with Crippen molar-refractivity contribution in [2.75, 3.05) is 59.4 Å². The molecule has 0 bridgehead atoms. The summed E-state index contributed by atoms with van der Waals surface area (Å²) in [6, 6.07) is 29.9. The molecular formula is C85H75BBr3F10N9O17S5. The third-order valence-electron chi connectivity index (χ3n) is 17.5. The van der Waals surface area contributed by atoms with E-state index in [0.717, 1.165) is 73.3 Å². The van der Waals surface area contributed by atoms with Gasteiger partial charge in [-0.2, -0.15) is 17.7 Å². The molecule has 26 nitrogen and oxygen atoms in total. The van der Waals surface area contributed by atoms with E-state index in [0.29, 0.717) is 91.8 Å². The number of allylic oxidation sites excluding steroid dienone is 4. The number of hydrogen-bond donors (Lipinski definition) is 8. The van der Waals surface area contributed by atoms with Crippen molar-refractivity contribution < 1.29 is 123 Å². The number of aryl methyl sites for hydroxylation is 3. The van der Waals surface area contributed by atoms with Crippen LogP contribution in [-0.4, -0.2) is 142 Å². The van der Waals surface area contributed by atoms with Crippen LogP contribution in [0.4, 0.5) is 61.4 Å². The average molecular weight is 2100 g/mol. The highest BCUT2D eigenvalue weighted by Crippen LogP contribution is 2.41. The van der Waals surface area contributed by atoms with Crippen LogP contribution < -0.4 is 21.8 Å². The zero-order valence-corrected chi connectivity index (χ0v) is 77.4. The molecule has 0 radical (unpaired) electrons. The van der Waals surface area contributed by atoms with Crippen LogP contribution in [0.5, 0.6) is 0 Å². The number of aromatic amines is 1. The molecule has 5 heterocycles. The largest absolute Gasteiger partial charge is 0.491 e. The van der Waals surface area contributed by atoms with Crippen molar-refractivity contribution in [1.82, 2.24) is 30.2 Å². The van der Waals surface area contributed by atoms with Crippen molar-refractivity contribution >= 4 is 195 Å². The summed E-state index contributed by atoms with van der Waals surface area (Å²) in [6.45, 7) is 5.19. The molecule has 686 valence electrons. The molecule has 0 unspecified atom stereocenters. The molecule has 45 heteroatoms. The Labute approximate surface area is 775 Å². The molecule has 7 aromatic carbocycles. The first-order chi connectivity index (χ1) is 61.6. The zero-order valence-electron chi connectivity index (χ0n) is 68.5. The van der Waals surface area contributed by atoms with Crippen LogP contribution in [0.2, 0.25) is 0 Å². The Balaban J connectivity index is 0.000000190. The lowest BCUT2D eigenvalue weighted by Gasteiger charge is -2.09. The number of aromatic nitrogens is 6. The van der Waals surface area contributed by atoms with Crippen LogP contribution in [-0.2, 0) is 90.7 Å². The SMILES string of the molecule is BrCc1cccc(Br)c1.COC(=O)CS.COC(=O)CSC1=CCc2cc(F)cc(F)c21.Cc1cc(N)no1.Cc1cc(NC(=O)CS(=O)(=O)C2=CCc3cc(F)cc(F)c32)no1.Cc1cc(NC(=O)CS(=O)(=O)c2cn(Cc3cccc(Br)c3)c3cc(F)cc(F)c23)no1.Fc1cc(F)c2c(c1)CC=C2.O=C(O)CSC1=CCc2cc(F)cc(F)c21.OB(O)c1cn[nH]c1. The number of hydrogen-bond acceptors (Lipinski definition) is 24. The van der Waals surface area contributed by atoms with E-state index in [1.54, 1.807) is 57.2 Å². The molecule has 2 amide bonds. The summed E-state index contributed by atoms with van der Waals surface area (Å²) in [4.78, 5) is 56.0. The van der Waals surface area contributed by atoms with Gasteiger partial charge in [0.15, 0.2) is 37.1 Å². The van der Waals surface area contributed by atoms with Gasteiger partial charge in [0.25, 0.3) is 0 Å². The predicted molar refractivity (Wildman–Crippen MR) is 485 cm³/mol. The number of fused-ring (bicyclic) bond motifs is 5. The normalized spacial score (nSPS) is 12.0. The number of nitrogens with zero attached hydrogens (tertiary/aromatic N) is 5. The van der Waals surface area contributed by atoms with E-state index in [-0.39, 0.29) is 80.7 Å². The molecule has 0 fully saturated rings. The molecule has 0 spiro atoms. The number of nitrogen functional groups attached to an aromatic ring is 1. The Morgan fingerprint density at radius 3 is 1.49 bits per heavy atom. The van der Waals surface area contributed by atoms with E-state index in [9.17, 15) is 84.7 Å². The van der Waals surface area contributed by atoms with E-state index in [1.165, 1.54) is 91.1 Å². The molecule has 0 aliphatic heterocycles. The predicted octanol–water partition coefficient (Wildman–Crippen LogP) is 16.7. The van der Waals surface area contributed by atoms with Crippen LogP contribution in [0.25, 0.3) is 31.7 Å². The van der Waals surface area contributed by atoms with Gasteiger partial charge in [-0.1, -0.05) is 118 Å². The van der Waals surface area contributed by atoms with Crippen LogP contribution in [0.15, 0.2) is 198 Å². The van der Waals surface area contributed by atoms with Gasteiger partial charge in [0.1, 0.15) is 87.0 Å². The quantitative estimate of drug-likeness (QED) is 0.0123. The number of carbonyl (C=O) groups is 5. The Bertz CT molecular complexity index is 6440. The van der Waals surface area contributed by atoms with E-state index < -0.39 is 119 Å². The number of thioether (sulfide) groups is 2. The Hall–Kier alpha value is -11.3. The fourth-order valence-corrected chi connectivity index (χ4v) is 18.0. The first-order valence-electron chi connectivity index (χ1n) is 37.5. The number of methoxy groups -OCH3 is 2. The van der Waals surface area contributed by atoms with Crippen molar-refractivity contribution in [3.05, 3.63) is 310 Å². The lowest BCUT2D eigenvalue weighted by molar-refractivity contribution is -0.138. The number of amides is 2. The molecule has 0 saturated carbocycles. The van der Waals surface area contributed by atoms with Gasteiger partial charge >= 0.3 is 25.0 Å². The maximum absolute atomic E-state index is 14.7. The third kappa shape index (κ3) is 31.2. The summed E-state index contributed by atoms with van der Waals surface area (Å²) in [5.74, 6) is -9.74. The number of nitrogens with two attached hydrogens (primary N) is 1. The maximum atomic E-state index is 14.7. The number of benzene rings is 7. The van der Waals surface area contributed by atoms with Crippen molar-refractivity contribution in [2.24, 2.45) is 0 Å². The van der Waals surface area contributed by atoms with Crippen molar-refractivity contribution in [1.29, 1.82) is 0 Å². The standard InChI is InChI=1S/C21H16BrF2N3O4S.C15H12F2N2O4S.C12H10F2O2S.C11H8F2O2S.C9H6F2.C7H6Br2.C4H6N2O.C3H5BN2O2.C3H6O2S/c1-12-5-19(26-31-12)25-20(28)11-32(29,30)18-10-27(9-13-3-2-4-14(22)6-13)17-8-15(23)7-16(24)21(17)18;1-8-4-13(19-23-8)18-14(20)7-24(21,22)12-3-2-9-5-10(16)6-11(17)15(9)12;1-16-11(15)6-17-10-3-2-7-4-8(13)5-9(14)12(7)10;12-7-3-6-1-2-9(16-5-10(14)15)11(6)8(13)4-7;10-7-4-6-2-1-3-8(6)9(11)5-7;8-5-6-2-1-3-7(9)4-6;1-3-2-4(5)6-7-3;7-4(8)3-1-5-6-2-3;1-5-3(4)2-6/h2-8,10H,9,11H2,1H3,(H,25,26,28);3-6H,2,7H2,1H3,(H,18,19,20);3-5H,2,6H2,1H3;2-4H,1,5H2,(H,14,15);1,3-5H,2H2;1-4H,5H2;2H,1H3,(H2,5,6);1-2,7-8H,(H,5,6);6H,2H2,1H3. The topological polar surface area (TPSA) is 395 Å². The number of ether oxygens (including phenoxy) is 2. The molecular weight excluding hydrogens is 2020 g/mol. The summed E-state index contributed by atoms with van der Waals surface area (Å²) >= 11 is 16.0. The second-order valence-electron chi connectivity index (χ2n) is 27.3. The van der Waals surface area contributed by atoms with Crippen LogP contribution in [0, 0.1) is 78.9 Å². The number of sulfone groups is 2. The minimum Gasteiger partial charge on any atom is -0.481 e. The van der Waals surface area contributed by atoms with E-state index in [2.05, 4.69) is 123 Å². The number of carboxylic acid groups (broad SMARTS) is 1. The number of nitrogens with one attached hydrogen (secondary N) is 3. The molecule has 4 aliphatic rings. The van der Waals surface area contributed by atoms with Crippen molar-refractivity contribution in [3.8, 4) is 0 Å². The fraction of sp³-hybridized carbons (Fsp3) is 0.188. The second kappa shape index (κ2) is 49.1. The van der Waals surface area contributed by atoms with E-state index in [4.69, 9.17) is 29.9 Å². The molecule has 0 saturated heterocycles. The number of anilines is 3. The number of carbonyl (C=O) groups excluding carboxylic acids is 4. The average Bonchev–Trinajstić information content (AvgIpc) is 1.62. The van der Waals surface area contributed by atoms with Crippen LogP contribution in [0.1, 0.15) is 72.9 Å². The molecule has 16 rings (SSSR count). The van der Waals surface area contributed by atoms with Crippen molar-refractivity contribution in [2.45, 2.75) is 63.2 Å². The van der Waals surface area contributed by atoms with Crippen LogP contribution in [0.3, 0.4) is 0 Å². The minimum atomic E-state index is -4.28. The van der Waals surface area contributed by atoms with Gasteiger partial charge in [-0.05, 0) is 134 Å². The van der Waals surface area contributed by atoms with Gasteiger partial charge in [0.05, 0.1) is 52.2 Å². The number of rotatable bonds is 19. The number of esters is 2. The van der Waals surface area contributed by atoms with Gasteiger partial charge in [-0.3, -0.25) is 29.1 Å². The highest BCUT2D eigenvalue weighted by atomic mass is 79.9. The lowest BCUT2D eigenvalue weighted by Crippen LogP contribution is -2.28. The van der Waals surface area contributed by atoms with Gasteiger partial charge in [0.2, 0.25) is 11.8 Å². The third-order valence-corrected chi connectivity index (χ3v) is 24.8. The molecule has 0 atom stereocenters. The number of H-pyrrole nitrogens is 1. The number of halogens is 13. The van der Waals surface area contributed by atoms with Gasteiger partial charge in [-0.15, -0.1) is 23.5 Å². The van der Waals surface area contributed by atoms with Crippen molar-refractivity contribution in [3.63, 3.8) is 0 Å².